The van der Waals surface area contributed by atoms with E-state index in [0.717, 1.165) is 0 Å². The van der Waals surface area contributed by atoms with Gasteiger partial charge in [-0.15, -0.1) is 0 Å². The van der Waals surface area contributed by atoms with Gasteiger partial charge in [-0.3, -0.25) is 0 Å². The summed E-state index contributed by atoms with van der Waals surface area (Å²) in [5.74, 6) is 0. The lowest BCUT2D eigenvalue weighted by Gasteiger charge is -2.13. The van der Waals surface area contributed by atoms with E-state index in [2.05, 4.69) is 5.32 Å². The Labute approximate surface area is 105 Å². The van der Waals surface area contributed by atoms with E-state index < -0.39 is 6.10 Å². The van der Waals surface area contributed by atoms with Crippen molar-refractivity contribution >= 4 is 28.9 Å². The lowest BCUT2D eigenvalue weighted by molar-refractivity contribution is 0.174. The topological polar surface area (TPSA) is 58.3 Å². The lowest BCUT2D eigenvalue weighted by Crippen LogP contribution is -2.23. The molecule has 0 aromatic heterocycles. The Morgan fingerprint density at radius 3 is 2.44 bits per heavy atom. The van der Waals surface area contributed by atoms with Crippen molar-refractivity contribution in [2.45, 2.75) is 25.0 Å². The molecular weight excluding hydrogens is 247 g/mol. The van der Waals surface area contributed by atoms with E-state index in [1.807, 2.05) is 0 Å². The van der Waals surface area contributed by atoms with Crippen LogP contribution in [0.15, 0.2) is 12.1 Å². The van der Waals surface area contributed by atoms with Gasteiger partial charge in [0.05, 0.1) is 21.8 Å². The molecule has 1 aliphatic rings. The molecule has 0 radical (unpaired) electrons. The number of nitrogens with two attached hydrogens (primary N) is 1. The van der Waals surface area contributed by atoms with Gasteiger partial charge in [-0.05, 0) is 30.5 Å². The Morgan fingerprint density at radius 1 is 1.38 bits per heavy atom. The third kappa shape index (κ3) is 2.80. The number of aliphatic hydroxyl groups excluding tert-OH is 1. The third-order valence-electron chi connectivity index (χ3n) is 2.66. The maximum Gasteiger partial charge on any atom is 0.0915 e. The molecule has 1 fully saturated rings. The number of halogens is 2. The van der Waals surface area contributed by atoms with Crippen LogP contribution < -0.4 is 11.1 Å². The largest absolute Gasteiger partial charge is 0.396 e. The second-order valence-corrected chi connectivity index (χ2v) is 4.91. The maximum absolute atomic E-state index is 9.92. The second kappa shape index (κ2) is 4.80. The number of rotatable bonds is 4. The molecule has 1 unspecified atom stereocenters. The summed E-state index contributed by atoms with van der Waals surface area (Å²) in [6, 6.07) is 3.87. The van der Waals surface area contributed by atoms with Crippen LogP contribution in [-0.4, -0.2) is 17.7 Å². The Kier molecular flexibility index (Phi) is 3.60. The first-order chi connectivity index (χ1) is 7.58. The van der Waals surface area contributed by atoms with Crippen molar-refractivity contribution in [3.63, 3.8) is 0 Å². The zero-order valence-corrected chi connectivity index (χ0v) is 10.2. The molecule has 1 aromatic carbocycles. The van der Waals surface area contributed by atoms with E-state index in [0.29, 0.717) is 33.9 Å². The standard InChI is InChI=1S/C11H14Cl2N2O/c12-8-3-6(4-9(13)11(8)14)10(16)5-15-7-1-2-7/h3-4,7,10,15-16H,1-2,5,14H2. The van der Waals surface area contributed by atoms with E-state index >= 15 is 0 Å². The van der Waals surface area contributed by atoms with Gasteiger partial charge in [0.2, 0.25) is 0 Å². The quantitative estimate of drug-likeness (QED) is 0.729. The highest BCUT2D eigenvalue weighted by molar-refractivity contribution is 6.38. The van der Waals surface area contributed by atoms with Crippen LogP contribution in [0.25, 0.3) is 0 Å². The van der Waals surface area contributed by atoms with Crippen molar-refractivity contribution in [2.75, 3.05) is 12.3 Å². The van der Waals surface area contributed by atoms with Gasteiger partial charge in [0.25, 0.3) is 0 Å². The van der Waals surface area contributed by atoms with Crippen molar-refractivity contribution < 1.29 is 5.11 Å². The fraction of sp³-hybridized carbons (Fsp3) is 0.455. The minimum Gasteiger partial charge on any atom is -0.396 e. The summed E-state index contributed by atoms with van der Waals surface area (Å²) in [6.07, 6.45) is 1.78. The molecular formula is C11H14Cl2N2O. The van der Waals surface area contributed by atoms with Crippen LogP contribution in [0, 0.1) is 0 Å². The van der Waals surface area contributed by atoms with Crippen LogP contribution in [0.1, 0.15) is 24.5 Å². The Bertz CT molecular complexity index is 371. The Hall–Kier alpha value is -0.480. The minimum atomic E-state index is -0.601. The van der Waals surface area contributed by atoms with E-state index in [1.165, 1.54) is 12.8 Å². The zero-order chi connectivity index (χ0) is 11.7. The summed E-state index contributed by atoms with van der Waals surface area (Å²) in [4.78, 5) is 0. The molecule has 0 saturated heterocycles. The van der Waals surface area contributed by atoms with Gasteiger partial charge in [0, 0.05) is 12.6 Å². The van der Waals surface area contributed by atoms with Crippen LogP contribution in [0.4, 0.5) is 5.69 Å². The summed E-state index contributed by atoms with van der Waals surface area (Å²) < 4.78 is 0. The molecule has 2 rings (SSSR count). The molecule has 0 heterocycles. The molecule has 1 saturated carbocycles. The molecule has 0 spiro atoms. The Morgan fingerprint density at radius 2 is 1.94 bits per heavy atom. The molecule has 0 amide bonds. The van der Waals surface area contributed by atoms with Crippen molar-refractivity contribution in [3.05, 3.63) is 27.7 Å². The van der Waals surface area contributed by atoms with Gasteiger partial charge in [-0.1, -0.05) is 23.2 Å². The van der Waals surface area contributed by atoms with Crippen LogP contribution >= 0.6 is 23.2 Å². The van der Waals surface area contributed by atoms with E-state index in [4.69, 9.17) is 28.9 Å². The number of nitrogen functional groups attached to an aromatic ring is 1. The zero-order valence-electron chi connectivity index (χ0n) is 8.71. The summed E-state index contributed by atoms with van der Waals surface area (Å²) in [5, 5.41) is 13.9. The van der Waals surface area contributed by atoms with Crippen molar-refractivity contribution in [2.24, 2.45) is 0 Å². The maximum atomic E-state index is 9.92. The van der Waals surface area contributed by atoms with Crippen LogP contribution in [0.2, 0.25) is 10.0 Å². The van der Waals surface area contributed by atoms with Gasteiger partial charge in [0.15, 0.2) is 0 Å². The highest BCUT2D eigenvalue weighted by atomic mass is 35.5. The van der Waals surface area contributed by atoms with Gasteiger partial charge >= 0.3 is 0 Å². The first-order valence-corrected chi connectivity index (χ1v) is 5.99. The average Bonchev–Trinajstić information content (AvgIpc) is 3.05. The van der Waals surface area contributed by atoms with Gasteiger partial charge in [-0.25, -0.2) is 0 Å². The fourth-order valence-corrected chi connectivity index (χ4v) is 1.98. The molecule has 0 aliphatic heterocycles. The Balaban J connectivity index is 2.06. The highest BCUT2D eigenvalue weighted by Gasteiger charge is 2.22. The van der Waals surface area contributed by atoms with E-state index in [1.54, 1.807) is 12.1 Å². The second-order valence-electron chi connectivity index (χ2n) is 4.10. The predicted molar refractivity (Wildman–Crippen MR) is 66.9 cm³/mol. The van der Waals surface area contributed by atoms with Crippen molar-refractivity contribution in [3.8, 4) is 0 Å². The number of hydrogen-bond donors (Lipinski definition) is 3. The molecule has 3 nitrogen and oxygen atoms in total. The number of aliphatic hydroxyl groups is 1. The predicted octanol–water partition coefficient (Wildman–Crippen LogP) is 2.36. The monoisotopic (exact) mass is 260 g/mol. The van der Waals surface area contributed by atoms with Gasteiger partial charge in [0.1, 0.15) is 0 Å². The lowest BCUT2D eigenvalue weighted by atomic mass is 10.1. The fourth-order valence-electron chi connectivity index (χ4n) is 1.48. The molecule has 16 heavy (non-hydrogen) atoms. The molecule has 5 heteroatoms. The summed E-state index contributed by atoms with van der Waals surface area (Å²) in [6.45, 7) is 0.515. The van der Waals surface area contributed by atoms with Crippen molar-refractivity contribution in [1.82, 2.24) is 5.32 Å². The number of nitrogens with one attached hydrogen (secondary N) is 1. The molecule has 1 atom stereocenters. The van der Waals surface area contributed by atoms with Crippen LogP contribution in [-0.2, 0) is 0 Å². The SMILES string of the molecule is Nc1c(Cl)cc(C(O)CNC2CC2)cc1Cl. The van der Waals surface area contributed by atoms with Gasteiger partial charge < -0.3 is 16.2 Å². The summed E-state index contributed by atoms with van der Waals surface area (Å²) >= 11 is 11.8. The molecule has 1 aromatic rings. The van der Waals surface area contributed by atoms with Crippen molar-refractivity contribution in [1.29, 1.82) is 0 Å². The smallest absolute Gasteiger partial charge is 0.0915 e. The van der Waals surface area contributed by atoms with E-state index in [9.17, 15) is 5.11 Å². The molecule has 1 aliphatic carbocycles. The van der Waals surface area contributed by atoms with Crippen LogP contribution in [0.3, 0.4) is 0 Å². The van der Waals surface area contributed by atoms with E-state index in [-0.39, 0.29) is 0 Å². The number of anilines is 1. The normalized spacial score (nSPS) is 17.4. The first kappa shape index (κ1) is 12.0. The third-order valence-corrected chi connectivity index (χ3v) is 3.29. The number of hydrogen-bond acceptors (Lipinski definition) is 3. The average molecular weight is 261 g/mol. The highest BCUT2D eigenvalue weighted by Crippen LogP contribution is 2.31. The van der Waals surface area contributed by atoms with Gasteiger partial charge in [-0.2, -0.15) is 0 Å². The molecule has 4 N–H and O–H groups in total. The molecule has 0 bridgehead atoms. The number of benzene rings is 1. The summed E-state index contributed by atoms with van der Waals surface area (Å²) in [5.41, 5.74) is 6.67. The van der Waals surface area contributed by atoms with Crippen LogP contribution in [0.5, 0.6) is 0 Å². The minimum absolute atomic E-state index is 0.356. The first-order valence-electron chi connectivity index (χ1n) is 5.24. The molecule has 88 valence electrons. The summed E-state index contributed by atoms with van der Waals surface area (Å²) in [7, 11) is 0.